The van der Waals surface area contributed by atoms with Gasteiger partial charge in [0.2, 0.25) is 0 Å². The number of hydrogen-bond donors (Lipinski definition) is 1. The highest BCUT2D eigenvalue weighted by Crippen LogP contribution is 2.30. The number of nitrogens with two attached hydrogens (primary N) is 1. The van der Waals surface area contributed by atoms with Crippen molar-refractivity contribution in [1.82, 2.24) is 9.55 Å². The Labute approximate surface area is 135 Å². The van der Waals surface area contributed by atoms with E-state index in [-0.39, 0.29) is 24.3 Å². The summed E-state index contributed by atoms with van der Waals surface area (Å²) in [6, 6.07) is 9.79. The molecule has 0 saturated carbocycles. The van der Waals surface area contributed by atoms with Crippen molar-refractivity contribution in [3.05, 3.63) is 65.9 Å². The first-order chi connectivity index (χ1) is 10.2. The molecule has 22 heavy (non-hydrogen) atoms. The maximum atomic E-state index is 14.1. The Kier molecular flexibility index (Phi) is 5.16. The monoisotopic (exact) mass is 319 g/mol. The lowest BCUT2D eigenvalue weighted by atomic mass is 10.0. The lowest BCUT2D eigenvalue weighted by Crippen LogP contribution is -2.16. The van der Waals surface area contributed by atoms with Crippen LogP contribution in [0.1, 0.15) is 23.6 Å². The van der Waals surface area contributed by atoms with Gasteiger partial charge in [0, 0.05) is 28.9 Å². The summed E-state index contributed by atoms with van der Waals surface area (Å²) in [6.45, 7) is 2.57. The molecule has 0 amide bonds. The Hall–Kier alpha value is -1.91. The van der Waals surface area contributed by atoms with Crippen molar-refractivity contribution in [2.45, 2.75) is 19.4 Å². The van der Waals surface area contributed by atoms with Crippen molar-refractivity contribution in [3.8, 4) is 0 Å². The Bertz CT molecular complexity index is 769. The number of fused-ring (bicyclic) bond motifs is 1. The molecule has 1 aromatic carbocycles. The molecule has 0 aliphatic rings. The fourth-order valence-corrected chi connectivity index (χ4v) is 2.90. The van der Waals surface area contributed by atoms with Crippen LogP contribution in [0.2, 0.25) is 0 Å². The molecule has 2 heterocycles. The Morgan fingerprint density at radius 3 is 2.77 bits per heavy atom. The van der Waals surface area contributed by atoms with Crippen molar-refractivity contribution in [1.29, 1.82) is 0 Å². The molecule has 5 heteroatoms. The summed E-state index contributed by atoms with van der Waals surface area (Å²) in [5.41, 5.74) is 8.67. The average molecular weight is 320 g/mol. The van der Waals surface area contributed by atoms with E-state index in [1.165, 1.54) is 17.1 Å². The van der Waals surface area contributed by atoms with E-state index in [4.69, 9.17) is 5.73 Å². The fraction of sp³-hybridized carbons (Fsp3) is 0.235. The highest BCUT2D eigenvalue weighted by atomic mass is 35.5. The summed E-state index contributed by atoms with van der Waals surface area (Å²) in [6.07, 6.45) is 5.64. The van der Waals surface area contributed by atoms with E-state index >= 15 is 0 Å². The maximum Gasteiger partial charge on any atom is 0.146 e. The van der Waals surface area contributed by atoms with Crippen LogP contribution in [0, 0.1) is 12.7 Å². The second-order valence-corrected chi connectivity index (χ2v) is 5.23. The zero-order chi connectivity index (χ0) is 14.8. The highest BCUT2D eigenvalue weighted by molar-refractivity contribution is 5.85. The van der Waals surface area contributed by atoms with E-state index in [0.29, 0.717) is 18.5 Å². The average Bonchev–Trinajstić information content (AvgIpc) is 2.83. The van der Waals surface area contributed by atoms with Crippen LogP contribution in [-0.2, 0) is 0 Å². The third-order valence-electron chi connectivity index (χ3n) is 3.88. The third kappa shape index (κ3) is 2.85. The van der Waals surface area contributed by atoms with E-state index in [2.05, 4.69) is 34.8 Å². The normalized spacial score (nSPS) is 12.1. The predicted molar refractivity (Wildman–Crippen MR) is 89.9 cm³/mol. The largest absolute Gasteiger partial charge is 0.340 e. The molecule has 0 radical (unpaired) electrons. The Morgan fingerprint density at radius 1 is 1.27 bits per heavy atom. The van der Waals surface area contributed by atoms with Gasteiger partial charge in [0.1, 0.15) is 5.82 Å². The highest BCUT2D eigenvalue weighted by Gasteiger charge is 2.19. The number of halogens is 2. The summed E-state index contributed by atoms with van der Waals surface area (Å²) in [7, 11) is 0. The topological polar surface area (TPSA) is 43.8 Å². The number of aryl methyl sites for hydroxylation is 1. The first-order valence-corrected chi connectivity index (χ1v) is 7.08. The van der Waals surface area contributed by atoms with Gasteiger partial charge in [0.05, 0.1) is 12.2 Å². The van der Waals surface area contributed by atoms with Crippen molar-refractivity contribution in [2.75, 3.05) is 6.54 Å². The molecule has 0 aliphatic heterocycles. The molecule has 2 aromatic heterocycles. The van der Waals surface area contributed by atoms with Crippen molar-refractivity contribution in [2.24, 2.45) is 5.73 Å². The van der Waals surface area contributed by atoms with E-state index in [1.807, 2.05) is 12.1 Å². The summed E-state index contributed by atoms with van der Waals surface area (Å²) in [5.74, 6) is -0.286. The second-order valence-electron chi connectivity index (χ2n) is 5.23. The SMILES string of the molecule is Cc1cn(C(CCN)c2ccncc2F)c2ccccc12.Cl. The molecule has 3 aromatic rings. The molecule has 2 N–H and O–H groups in total. The van der Waals surface area contributed by atoms with E-state index < -0.39 is 0 Å². The van der Waals surface area contributed by atoms with Crippen LogP contribution in [0.15, 0.2) is 48.9 Å². The number of hydrogen-bond acceptors (Lipinski definition) is 2. The number of aromatic nitrogens is 2. The number of nitrogens with zero attached hydrogens (tertiary/aromatic N) is 2. The molecule has 116 valence electrons. The first kappa shape index (κ1) is 16.5. The van der Waals surface area contributed by atoms with Crippen LogP contribution in [0.25, 0.3) is 10.9 Å². The van der Waals surface area contributed by atoms with Gasteiger partial charge in [0.25, 0.3) is 0 Å². The minimum Gasteiger partial charge on any atom is -0.340 e. The number of benzene rings is 1. The second kappa shape index (κ2) is 6.90. The Balaban J connectivity index is 0.00000176. The van der Waals surface area contributed by atoms with Gasteiger partial charge >= 0.3 is 0 Å². The molecule has 0 saturated heterocycles. The van der Waals surface area contributed by atoms with Crippen molar-refractivity contribution >= 4 is 23.3 Å². The van der Waals surface area contributed by atoms with Crippen LogP contribution in [0.3, 0.4) is 0 Å². The van der Waals surface area contributed by atoms with Crippen LogP contribution in [0.5, 0.6) is 0 Å². The van der Waals surface area contributed by atoms with Gasteiger partial charge < -0.3 is 10.3 Å². The van der Waals surface area contributed by atoms with Gasteiger partial charge in [-0.1, -0.05) is 18.2 Å². The number of rotatable bonds is 4. The summed E-state index contributed by atoms with van der Waals surface area (Å²) < 4.78 is 16.3. The maximum absolute atomic E-state index is 14.1. The molecule has 0 spiro atoms. The fourth-order valence-electron chi connectivity index (χ4n) is 2.90. The van der Waals surface area contributed by atoms with Crippen LogP contribution < -0.4 is 5.73 Å². The van der Waals surface area contributed by atoms with Crippen molar-refractivity contribution < 1.29 is 4.39 Å². The smallest absolute Gasteiger partial charge is 0.146 e. The lowest BCUT2D eigenvalue weighted by Gasteiger charge is -2.20. The number of para-hydroxylation sites is 1. The summed E-state index contributed by atoms with van der Waals surface area (Å²) in [4.78, 5) is 3.83. The van der Waals surface area contributed by atoms with Crippen molar-refractivity contribution in [3.63, 3.8) is 0 Å². The van der Waals surface area contributed by atoms with Gasteiger partial charge in [-0.15, -0.1) is 12.4 Å². The summed E-state index contributed by atoms with van der Waals surface area (Å²) >= 11 is 0. The minimum absolute atomic E-state index is 0. The van der Waals surface area contributed by atoms with E-state index in [0.717, 1.165) is 5.52 Å². The van der Waals surface area contributed by atoms with Gasteiger partial charge in [-0.2, -0.15) is 0 Å². The molecule has 1 unspecified atom stereocenters. The molecule has 3 rings (SSSR count). The molecule has 3 nitrogen and oxygen atoms in total. The zero-order valence-corrected chi connectivity index (χ0v) is 13.2. The molecular weight excluding hydrogens is 301 g/mol. The molecule has 1 atom stereocenters. The van der Waals surface area contributed by atoms with Crippen LogP contribution in [0.4, 0.5) is 4.39 Å². The molecular formula is C17H19ClFN3. The Morgan fingerprint density at radius 2 is 2.05 bits per heavy atom. The van der Waals surface area contributed by atoms with Gasteiger partial charge in [-0.3, -0.25) is 4.98 Å². The van der Waals surface area contributed by atoms with Gasteiger partial charge in [0.15, 0.2) is 0 Å². The molecule has 0 aliphatic carbocycles. The minimum atomic E-state index is -0.286. The zero-order valence-electron chi connectivity index (χ0n) is 12.4. The van der Waals surface area contributed by atoms with E-state index in [1.54, 1.807) is 12.3 Å². The molecule has 0 bridgehead atoms. The lowest BCUT2D eigenvalue weighted by molar-refractivity contribution is 0.515. The molecule has 0 fully saturated rings. The van der Waals surface area contributed by atoms with Gasteiger partial charge in [-0.25, -0.2) is 4.39 Å². The third-order valence-corrected chi connectivity index (χ3v) is 3.88. The van der Waals surface area contributed by atoms with Crippen LogP contribution >= 0.6 is 12.4 Å². The van der Waals surface area contributed by atoms with Gasteiger partial charge in [-0.05, 0) is 37.6 Å². The predicted octanol–water partition coefficient (Wildman–Crippen LogP) is 3.84. The van der Waals surface area contributed by atoms with E-state index in [9.17, 15) is 4.39 Å². The van der Waals surface area contributed by atoms with Crippen LogP contribution in [-0.4, -0.2) is 16.1 Å². The first-order valence-electron chi connectivity index (χ1n) is 7.08. The quantitative estimate of drug-likeness (QED) is 0.794. The summed E-state index contributed by atoms with van der Waals surface area (Å²) in [5, 5.41) is 1.19. The number of pyridine rings is 1. The standard InChI is InChI=1S/C17H18FN3.ClH/c1-12-11-21(16-5-3-2-4-13(12)16)17(6-8-19)14-7-9-20-10-15(14)18;/h2-5,7,9-11,17H,6,8,19H2,1H3;1H.